The number of carboxylic acid groups (broad SMARTS) is 2. The molecule has 0 amide bonds. The number of hydrogen-bond donors (Lipinski definition) is 3. The standard InChI is InChI=1S/C31H32ClN5O6/c1-5-8-14-21(6-2)19(4)34-26-25-27(36-30(32)35-26)37(18-33-25)24-15-22(7-3)23(43-24)17-42-31(28(38)39,29(40)41)16-20-12-10-9-11-13-20/h3,5-6,8-14,18-19,22-24H,2,15-17H2,1,4H3,(H,38,39)(H,40,41)(H,34,35,36)/b8-5-,21-14+/t19-,22?,23?,24?/m1/s1. The second kappa shape index (κ2) is 13.6. The van der Waals surface area contributed by atoms with Crippen molar-refractivity contribution in [2.45, 2.75) is 50.7 Å². The Hall–Kier alpha value is -4.50. The zero-order valence-electron chi connectivity index (χ0n) is 23.7. The fourth-order valence-corrected chi connectivity index (χ4v) is 5.01. The summed E-state index contributed by atoms with van der Waals surface area (Å²) in [5, 5.41) is 23.2. The van der Waals surface area contributed by atoms with Crippen LogP contribution >= 0.6 is 11.6 Å². The van der Waals surface area contributed by atoms with Gasteiger partial charge in [0, 0.05) is 18.9 Å². The molecule has 43 heavy (non-hydrogen) atoms. The molecule has 4 atom stereocenters. The average Bonchev–Trinajstić information content (AvgIpc) is 3.59. The van der Waals surface area contributed by atoms with Crippen LogP contribution in [0.5, 0.6) is 0 Å². The minimum absolute atomic E-state index is 0.0125. The number of benzene rings is 1. The van der Waals surface area contributed by atoms with Gasteiger partial charge >= 0.3 is 11.9 Å². The van der Waals surface area contributed by atoms with Crippen LogP contribution in [0.4, 0.5) is 5.82 Å². The third-order valence-electron chi connectivity index (χ3n) is 7.21. The van der Waals surface area contributed by atoms with Crippen molar-refractivity contribution in [2.75, 3.05) is 11.9 Å². The van der Waals surface area contributed by atoms with Crippen molar-refractivity contribution in [1.29, 1.82) is 0 Å². The molecule has 11 nitrogen and oxygen atoms in total. The maximum atomic E-state index is 12.2. The number of carbonyl (C=O) groups is 2. The van der Waals surface area contributed by atoms with Gasteiger partial charge in [0.25, 0.3) is 5.60 Å². The molecule has 0 aliphatic carbocycles. The smallest absolute Gasteiger partial charge is 0.348 e. The zero-order chi connectivity index (χ0) is 31.1. The second-order valence-corrected chi connectivity index (χ2v) is 10.3. The van der Waals surface area contributed by atoms with Crippen LogP contribution < -0.4 is 5.32 Å². The van der Waals surface area contributed by atoms with Crippen LogP contribution in [-0.2, 0) is 25.5 Å². The Morgan fingerprint density at radius 2 is 2.05 bits per heavy atom. The van der Waals surface area contributed by atoms with Gasteiger partial charge in [0.05, 0.1) is 25.0 Å². The fraction of sp³-hybridized carbons (Fsp3) is 0.323. The average molecular weight is 606 g/mol. The van der Waals surface area contributed by atoms with E-state index in [1.54, 1.807) is 41.0 Å². The van der Waals surface area contributed by atoms with Crippen molar-refractivity contribution in [3.8, 4) is 12.3 Å². The summed E-state index contributed by atoms with van der Waals surface area (Å²) in [6.07, 6.45) is 13.3. The largest absolute Gasteiger partial charge is 0.479 e. The molecule has 0 bridgehead atoms. The van der Waals surface area contributed by atoms with Crippen molar-refractivity contribution in [2.24, 2.45) is 5.92 Å². The highest BCUT2D eigenvalue weighted by Gasteiger charge is 2.50. The van der Waals surface area contributed by atoms with E-state index >= 15 is 0 Å². The lowest BCUT2D eigenvalue weighted by atomic mass is 9.94. The summed E-state index contributed by atoms with van der Waals surface area (Å²) in [4.78, 5) is 37.7. The van der Waals surface area contributed by atoms with Crippen molar-refractivity contribution in [3.63, 3.8) is 0 Å². The van der Waals surface area contributed by atoms with Crippen molar-refractivity contribution in [1.82, 2.24) is 19.5 Å². The molecule has 1 aromatic carbocycles. The minimum Gasteiger partial charge on any atom is -0.479 e. The second-order valence-electron chi connectivity index (χ2n) is 9.98. The number of allylic oxidation sites excluding steroid dienone is 3. The Bertz CT molecular complexity index is 1580. The molecule has 0 radical (unpaired) electrons. The quantitative estimate of drug-likeness (QED) is 0.109. The van der Waals surface area contributed by atoms with Crippen LogP contribution in [0.3, 0.4) is 0 Å². The van der Waals surface area contributed by atoms with Gasteiger partial charge in [-0.05, 0) is 36.6 Å². The number of aromatic nitrogens is 4. The number of hydrogen-bond acceptors (Lipinski definition) is 8. The highest BCUT2D eigenvalue weighted by molar-refractivity contribution is 6.28. The number of fused-ring (bicyclic) bond motifs is 1. The van der Waals surface area contributed by atoms with Gasteiger partial charge in [0.2, 0.25) is 5.28 Å². The molecule has 3 heterocycles. The summed E-state index contributed by atoms with van der Waals surface area (Å²) >= 11 is 6.30. The number of aliphatic carboxylic acids is 2. The van der Waals surface area contributed by atoms with Gasteiger partial charge in [-0.15, -0.1) is 12.3 Å². The van der Waals surface area contributed by atoms with Gasteiger partial charge in [-0.3, -0.25) is 4.57 Å². The summed E-state index contributed by atoms with van der Waals surface area (Å²) in [5.74, 6) is -0.700. The monoisotopic (exact) mass is 605 g/mol. The highest BCUT2D eigenvalue weighted by Crippen LogP contribution is 2.37. The number of rotatable bonds is 13. The van der Waals surface area contributed by atoms with Gasteiger partial charge in [-0.1, -0.05) is 61.2 Å². The first kappa shape index (κ1) is 31.4. The minimum atomic E-state index is -2.53. The van der Waals surface area contributed by atoms with Crippen LogP contribution in [0.2, 0.25) is 5.28 Å². The molecule has 4 rings (SSSR count). The van der Waals surface area contributed by atoms with E-state index in [1.807, 2.05) is 32.1 Å². The predicted octanol–water partition coefficient (Wildman–Crippen LogP) is 4.67. The molecule has 0 spiro atoms. The third-order valence-corrected chi connectivity index (χ3v) is 7.37. The Labute approximate surface area is 253 Å². The van der Waals surface area contributed by atoms with Gasteiger partial charge < -0.3 is 25.0 Å². The topological polar surface area (TPSA) is 149 Å². The van der Waals surface area contributed by atoms with Gasteiger partial charge in [0.1, 0.15) is 6.23 Å². The Morgan fingerprint density at radius 3 is 2.67 bits per heavy atom. The number of terminal acetylenes is 1. The van der Waals surface area contributed by atoms with E-state index in [4.69, 9.17) is 27.5 Å². The number of imidazole rings is 1. The zero-order valence-corrected chi connectivity index (χ0v) is 24.4. The Kier molecular flexibility index (Phi) is 9.98. The Morgan fingerprint density at radius 1 is 1.33 bits per heavy atom. The lowest BCUT2D eigenvalue weighted by Crippen LogP contribution is -2.52. The predicted molar refractivity (Wildman–Crippen MR) is 161 cm³/mol. The van der Waals surface area contributed by atoms with E-state index in [-0.39, 0.29) is 24.4 Å². The van der Waals surface area contributed by atoms with Crippen molar-refractivity contribution < 1.29 is 29.3 Å². The first-order valence-electron chi connectivity index (χ1n) is 13.5. The SMILES string of the molecule is C#CC1CC(n2cnc3c(N[C@H](C)/C(C=C)=C/C=C\C)nc(Cl)nc32)OC1COC(Cc1ccccc1)(C(=O)O)C(=O)O. The van der Waals surface area contributed by atoms with Crippen LogP contribution in [0, 0.1) is 18.3 Å². The van der Waals surface area contributed by atoms with Crippen molar-refractivity contribution in [3.05, 3.63) is 84.0 Å². The fourth-order valence-electron chi connectivity index (χ4n) is 4.84. The number of halogens is 1. The third kappa shape index (κ3) is 6.78. The van der Waals surface area contributed by atoms with Crippen LogP contribution in [0.25, 0.3) is 11.2 Å². The number of nitrogens with zero attached hydrogens (tertiary/aromatic N) is 4. The maximum absolute atomic E-state index is 12.2. The van der Waals surface area contributed by atoms with Gasteiger partial charge in [-0.25, -0.2) is 14.6 Å². The lowest BCUT2D eigenvalue weighted by Gasteiger charge is -2.27. The van der Waals surface area contributed by atoms with Crippen LogP contribution in [-0.4, -0.2) is 66.0 Å². The molecule has 1 fully saturated rings. The lowest BCUT2D eigenvalue weighted by molar-refractivity contribution is -0.188. The van der Waals surface area contributed by atoms with Crippen LogP contribution in [0.1, 0.15) is 32.1 Å². The molecule has 1 saturated heterocycles. The summed E-state index contributed by atoms with van der Waals surface area (Å²) in [7, 11) is 0. The van der Waals surface area contributed by atoms with E-state index < -0.39 is 35.8 Å². The first-order chi connectivity index (χ1) is 20.6. The molecule has 3 N–H and O–H groups in total. The van der Waals surface area contributed by atoms with E-state index in [2.05, 4.69) is 32.8 Å². The molecule has 1 aliphatic heterocycles. The number of nitrogens with one attached hydrogen (secondary N) is 1. The number of anilines is 1. The molecule has 224 valence electrons. The summed E-state index contributed by atoms with van der Waals surface area (Å²) in [6.45, 7) is 7.37. The number of carboxylic acids is 2. The highest BCUT2D eigenvalue weighted by atomic mass is 35.5. The summed E-state index contributed by atoms with van der Waals surface area (Å²) < 4.78 is 13.5. The molecular formula is C31H32ClN5O6. The maximum Gasteiger partial charge on any atom is 0.348 e. The molecule has 3 aromatic rings. The molecular weight excluding hydrogens is 574 g/mol. The van der Waals surface area contributed by atoms with E-state index in [0.717, 1.165) is 5.57 Å². The molecule has 3 unspecified atom stereocenters. The first-order valence-corrected chi connectivity index (χ1v) is 13.9. The van der Waals surface area contributed by atoms with Gasteiger partial charge in [-0.2, -0.15) is 9.97 Å². The van der Waals surface area contributed by atoms with E-state index in [0.29, 0.717) is 29.0 Å². The van der Waals surface area contributed by atoms with Crippen LogP contribution in [0.15, 0.2) is 73.1 Å². The molecule has 12 heteroatoms. The van der Waals surface area contributed by atoms with E-state index in [1.165, 1.54) is 6.33 Å². The summed E-state index contributed by atoms with van der Waals surface area (Å²) in [6, 6.07) is 8.21. The molecule has 2 aromatic heterocycles. The molecule has 1 aliphatic rings. The molecule has 0 saturated carbocycles. The number of ether oxygens (including phenoxy) is 2. The van der Waals surface area contributed by atoms with Crippen molar-refractivity contribution >= 4 is 40.5 Å². The Balaban J connectivity index is 1.57. The van der Waals surface area contributed by atoms with Gasteiger partial charge in [0.15, 0.2) is 17.0 Å². The normalized spacial score (nSPS) is 19.8. The summed E-state index contributed by atoms with van der Waals surface area (Å²) in [5.41, 5.74) is -0.282. The van der Waals surface area contributed by atoms with E-state index in [9.17, 15) is 19.8 Å².